The maximum absolute atomic E-state index is 11.4. The van der Waals surface area contributed by atoms with Crippen LogP contribution in [0.5, 0.6) is 17.2 Å². The van der Waals surface area contributed by atoms with Crippen molar-refractivity contribution in [1.29, 1.82) is 0 Å². The topological polar surface area (TPSA) is 68.2 Å². The van der Waals surface area contributed by atoms with Crippen LogP contribution in [0.3, 0.4) is 0 Å². The maximum atomic E-state index is 11.4. The number of carboxylic acid groups (broad SMARTS) is 1. The van der Waals surface area contributed by atoms with E-state index >= 15 is 0 Å². The highest BCUT2D eigenvalue weighted by molar-refractivity contribution is 5.70. The van der Waals surface area contributed by atoms with Crippen molar-refractivity contribution in [3.8, 4) is 17.2 Å². The van der Waals surface area contributed by atoms with Gasteiger partial charge in [-0.15, -0.1) is 0 Å². The van der Waals surface area contributed by atoms with E-state index in [-0.39, 0.29) is 12.0 Å². The van der Waals surface area contributed by atoms with Crippen molar-refractivity contribution >= 4 is 5.97 Å². The smallest absolute Gasteiger partial charge is 0.306 e. The van der Waals surface area contributed by atoms with Gasteiger partial charge in [-0.1, -0.05) is 29.8 Å². The zero-order chi connectivity index (χ0) is 21.0. The lowest BCUT2D eigenvalue weighted by molar-refractivity contribution is -0.143. The van der Waals surface area contributed by atoms with Crippen LogP contribution in [0.25, 0.3) is 0 Å². The van der Waals surface area contributed by atoms with Gasteiger partial charge in [0.2, 0.25) is 5.75 Å². The van der Waals surface area contributed by atoms with Gasteiger partial charge in [-0.3, -0.25) is 9.69 Å². The first-order valence-electron chi connectivity index (χ1n) is 9.81. The average Bonchev–Trinajstić information content (AvgIpc) is 2.74. The van der Waals surface area contributed by atoms with Gasteiger partial charge in [0.1, 0.15) is 0 Å². The summed E-state index contributed by atoms with van der Waals surface area (Å²) in [4.78, 5) is 13.7. The number of likely N-dealkylation sites (tertiary alicyclic amines) is 1. The predicted molar refractivity (Wildman–Crippen MR) is 111 cm³/mol. The van der Waals surface area contributed by atoms with Gasteiger partial charge in [0.05, 0.1) is 33.3 Å². The number of nitrogens with zero attached hydrogens (tertiary/aromatic N) is 1. The molecule has 2 aromatic rings. The highest BCUT2D eigenvalue weighted by Gasteiger charge is 2.31. The molecular formula is C23H29NO5. The van der Waals surface area contributed by atoms with Gasteiger partial charge in [0, 0.05) is 0 Å². The Bertz CT molecular complexity index is 816. The second kappa shape index (κ2) is 9.18. The van der Waals surface area contributed by atoms with Crippen LogP contribution in [-0.4, -0.2) is 50.4 Å². The molecule has 6 nitrogen and oxygen atoms in total. The normalized spacial score (nSPS) is 16.3. The molecule has 0 saturated carbocycles. The van der Waals surface area contributed by atoms with Crippen molar-refractivity contribution in [3.05, 3.63) is 53.1 Å². The summed E-state index contributed by atoms with van der Waals surface area (Å²) in [7, 11) is 4.81. The lowest BCUT2D eigenvalue weighted by Gasteiger charge is -2.37. The molecular weight excluding hydrogens is 370 g/mol. The quantitative estimate of drug-likeness (QED) is 0.761. The molecule has 0 radical (unpaired) electrons. The molecule has 0 bridgehead atoms. The molecule has 6 heteroatoms. The summed E-state index contributed by atoms with van der Waals surface area (Å²) in [5, 5.41) is 9.36. The maximum Gasteiger partial charge on any atom is 0.306 e. The molecule has 3 rings (SSSR count). The van der Waals surface area contributed by atoms with E-state index in [1.807, 2.05) is 12.1 Å². The Morgan fingerprint density at radius 2 is 1.52 bits per heavy atom. The van der Waals surface area contributed by atoms with Crippen molar-refractivity contribution in [1.82, 2.24) is 4.90 Å². The highest BCUT2D eigenvalue weighted by atomic mass is 16.5. The zero-order valence-corrected chi connectivity index (χ0v) is 17.5. The molecule has 156 valence electrons. The minimum Gasteiger partial charge on any atom is -0.493 e. The Labute approximate surface area is 172 Å². The summed E-state index contributed by atoms with van der Waals surface area (Å²) < 4.78 is 16.6. The van der Waals surface area contributed by atoms with Crippen LogP contribution in [0.2, 0.25) is 0 Å². The Morgan fingerprint density at radius 1 is 0.966 bits per heavy atom. The number of rotatable bonds is 7. The van der Waals surface area contributed by atoms with E-state index in [1.165, 1.54) is 5.56 Å². The monoisotopic (exact) mass is 399 g/mol. The van der Waals surface area contributed by atoms with Gasteiger partial charge in [-0.05, 0) is 56.1 Å². The number of ether oxygens (including phenoxy) is 3. The van der Waals surface area contributed by atoms with E-state index in [0.717, 1.165) is 11.1 Å². The van der Waals surface area contributed by atoms with Gasteiger partial charge in [-0.2, -0.15) is 0 Å². The summed E-state index contributed by atoms with van der Waals surface area (Å²) >= 11 is 0. The molecule has 0 aromatic heterocycles. The second-order valence-electron chi connectivity index (χ2n) is 7.42. The first-order chi connectivity index (χ1) is 14.0. The van der Waals surface area contributed by atoms with Crippen LogP contribution in [0, 0.1) is 12.8 Å². The van der Waals surface area contributed by atoms with Crippen molar-refractivity contribution in [2.45, 2.75) is 25.8 Å². The lowest BCUT2D eigenvalue weighted by atomic mass is 9.90. The molecule has 1 heterocycles. The number of hydrogen-bond acceptors (Lipinski definition) is 5. The largest absolute Gasteiger partial charge is 0.493 e. The molecule has 1 fully saturated rings. The summed E-state index contributed by atoms with van der Waals surface area (Å²) in [6.45, 7) is 3.49. The fraction of sp³-hybridized carbons (Fsp3) is 0.435. The fourth-order valence-corrected chi connectivity index (χ4v) is 4.03. The van der Waals surface area contributed by atoms with Crippen molar-refractivity contribution in [2.75, 3.05) is 34.4 Å². The Hall–Kier alpha value is -2.73. The van der Waals surface area contributed by atoms with Crippen LogP contribution in [0.15, 0.2) is 36.4 Å². The van der Waals surface area contributed by atoms with E-state index in [9.17, 15) is 9.90 Å². The van der Waals surface area contributed by atoms with Crippen LogP contribution in [0.4, 0.5) is 0 Å². The molecule has 1 unspecified atom stereocenters. The highest BCUT2D eigenvalue weighted by Crippen LogP contribution is 2.43. The van der Waals surface area contributed by atoms with Crippen LogP contribution in [0.1, 0.15) is 35.6 Å². The lowest BCUT2D eigenvalue weighted by Crippen LogP contribution is -2.39. The van der Waals surface area contributed by atoms with Crippen molar-refractivity contribution in [2.24, 2.45) is 5.92 Å². The molecule has 1 atom stereocenters. The standard InChI is InChI=1S/C23H29NO5/c1-15-5-7-16(8-6-15)21(24-11-9-17(10-12-24)23(25)26)18-13-19(27-2)22(29-4)20(14-18)28-3/h5-8,13-14,17,21H,9-12H2,1-4H3,(H,25,26). The number of carbonyl (C=O) groups is 1. The first kappa shape index (κ1) is 21.0. The van der Waals surface area contributed by atoms with Gasteiger partial charge < -0.3 is 19.3 Å². The molecule has 1 aliphatic heterocycles. The van der Waals surface area contributed by atoms with E-state index in [0.29, 0.717) is 43.2 Å². The molecule has 0 spiro atoms. The van der Waals surface area contributed by atoms with Crippen molar-refractivity contribution in [3.63, 3.8) is 0 Å². The molecule has 1 N–H and O–H groups in total. The van der Waals surface area contributed by atoms with Gasteiger partial charge in [0.15, 0.2) is 11.5 Å². The van der Waals surface area contributed by atoms with Gasteiger partial charge in [0.25, 0.3) is 0 Å². The number of piperidine rings is 1. The number of benzene rings is 2. The van der Waals surface area contributed by atoms with Gasteiger partial charge >= 0.3 is 5.97 Å². The third-order valence-corrected chi connectivity index (χ3v) is 5.64. The van der Waals surface area contributed by atoms with E-state index in [2.05, 4.69) is 36.1 Å². The fourth-order valence-electron chi connectivity index (χ4n) is 4.03. The Morgan fingerprint density at radius 3 is 1.97 bits per heavy atom. The number of hydrogen-bond donors (Lipinski definition) is 1. The summed E-state index contributed by atoms with van der Waals surface area (Å²) in [6.07, 6.45) is 1.28. The summed E-state index contributed by atoms with van der Waals surface area (Å²) in [6, 6.07) is 12.4. The van der Waals surface area contributed by atoms with E-state index < -0.39 is 5.97 Å². The SMILES string of the molecule is COc1cc(C(c2ccc(C)cc2)N2CCC(C(=O)O)CC2)cc(OC)c1OC. The zero-order valence-electron chi connectivity index (χ0n) is 17.5. The summed E-state index contributed by atoms with van der Waals surface area (Å²) in [5.74, 6) is 0.805. The molecule has 0 amide bonds. The second-order valence-corrected chi connectivity index (χ2v) is 7.42. The molecule has 29 heavy (non-hydrogen) atoms. The predicted octanol–water partition coefficient (Wildman–Crippen LogP) is 3.91. The minimum atomic E-state index is -0.704. The summed E-state index contributed by atoms with van der Waals surface area (Å²) in [5.41, 5.74) is 3.37. The minimum absolute atomic E-state index is 0.0287. The number of carboxylic acids is 1. The third kappa shape index (κ3) is 4.48. The number of methoxy groups -OCH3 is 3. The van der Waals surface area contributed by atoms with E-state index in [4.69, 9.17) is 14.2 Å². The molecule has 0 aliphatic carbocycles. The van der Waals surface area contributed by atoms with Crippen molar-refractivity contribution < 1.29 is 24.1 Å². The molecule has 2 aromatic carbocycles. The van der Waals surface area contributed by atoms with Crippen LogP contribution >= 0.6 is 0 Å². The number of aryl methyl sites for hydroxylation is 1. The van der Waals surface area contributed by atoms with E-state index in [1.54, 1.807) is 21.3 Å². The Kier molecular flexibility index (Phi) is 6.64. The van der Waals surface area contributed by atoms with Crippen LogP contribution in [-0.2, 0) is 4.79 Å². The molecule has 1 aliphatic rings. The third-order valence-electron chi connectivity index (χ3n) is 5.64. The first-order valence-corrected chi connectivity index (χ1v) is 9.81. The average molecular weight is 399 g/mol. The number of aliphatic carboxylic acids is 1. The van der Waals surface area contributed by atoms with Gasteiger partial charge in [-0.25, -0.2) is 0 Å². The Balaban J connectivity index is 2.04. The van der Waals surface area contributed by atoms with Crippen LogP contribution < -0.4 is 14.2 Å². The molecule has 1 saturated heterocycles.